The number of likely N-dealkylation sites (tertiary alicyclic amines) is 1. The van der Waals surface area contributed by atoms with Crippen molar-refractivity contribution in [2.45, 2.75) is 37.8 Å². The number of nitrogens with zero attached hydrogens (tertiary/aromatic N) is 2. The van der Waals surface area contributed by atoms with Gasteiger partial charge in [-0.05, 0) is 56.0 Å². The van der Waals surface area contributed by atoms with E-state index in [1.165, 1.54) is 0 Å². The summed E-state index contributed by atoms with van der Waals surface area (Å²) in [5.41, 5.74) is 2.09. The molecule has 0 spiro atoms. The number of halogens is 1. The normalized spacial score (nSPS) is 19.2. The largest absolute Gasteiger partial charge is 0.353 e. The van der Waals surface area contributed by atoms with Crippen molar-refractivity contribution in [2.75, 3.05) is 11.9 Å². The van der Waals surface area contributed by atoms with Gasteiger partial charge in [-0.25, -0.2) is 4.79 Å². The van der Waals surface area contributed by atoms with Crippen molar-refractivity contribution in [3.05, 3.63) is 52.8 Å². The van der Waals surface area contributed by atoms with E-state index in [1.54, 1.807) is 18.2 Å². The molecule has 2 aromatic rings. The zero-order valence-electron chi connectivity index (χ0n) is 15.2. The molecule has 0 bridgehead atoms. The summed E-state index contributed by atoms with van der Waals surface area (Å²) in [6.45, 7) is 0.713. The zero-order chi connectivity index (χ0) is 19.0. The lowest BCUT2D eigenvalue weighted by Crippen LogP contribution is -2.35. The van der Waals surface area contributed by atoms with Crippen LogP contribution in [0, 0.1) is 0 Å². The SMILES string of the molecule is Cn1cccc1C1CCCN1C(=O)Nc1ccc(Cl)c(C(=O)NC2CC2)c1. The summed E-state index contributed by atoms with van der Waals surface area (Å²) in [5, 5.41) is 6.24. The third kappa shape index (κ3) is 3.81. The third-order valence-corrected chi connectivity index (χ3v) is 5.54. The number of rotatable bonds is 4. The van der Waals surface area contributed by atoms with Crippen LogP contribution in [-0.4, -0.2) is 34.0 Å². The Bertz CT molecular complexity index is 875. The summed E-state index contributed by atoms with van der Waals surface area (Å²) in [6, 6.07) is 9.23. The highest BCUT2D eigenvalue weighted by Crippen LogP contribution is 2.32. The molecule has 1 atom stereocenters. The second kappa shape index (κ2) is 7.27. The Labute approximate surface area is 163 Å². The van der Waals surface area contributed by atoms with Gasteiger partial charge in [0.05, 0.1) is 16.6 Å². The quantitative estimate of drug-likeness (QED) is 0.835. The first-order valence-electron chi connectivity index (χ1n) is 9.32. The summed E-state index contributed by atoms with van der Waals surface area (Å²) in [5.74, 6) is -0.193. The number of anilines is 1. The number of nitrogens with one attached hydrogen (secondary N) is 2. The number of amides is 3. The Morgan fingerprint density at radius 1 is 1.19 bits per heavy atom. The lowest BCUT2D eigenvalue weighted by atomic mass is 10.1. The van der Waals surface area contributed by atoms with Crippen molar-refractivity contribution in [3.8, 4) is 0 Å². The van der Waals surface area contributed by atoms with Crippen LogP contribution in [0.1, 0.15) is 47.8 Å². The van der Waals surface area contributed by atoms with Crippen molar-refractivity contribution in [1.29, 1.82) is 0 Å². The van der Waals surface area contributed by atoms with E-state index in [4.69, 9.17) is 11.6 Å². The number of carbonyl (C=O) groups is 2. The fourth-order valence-corrected chi connectivity index (χ4v) is 3.80. The Hall–Kier alpha value is -2.47. The Kier molecular flexibility index (Phi) is 4.83. The standard InChI is InChI=1S/C20H23ClN4O2/c1-24-10-2-4-17(24)18-5-3-11-25(18)20(27)23-14-8-9-16(21)15(12-14)19(26)22-13-6-7-13/h2,4,8-10,12-13,18H,3,5-7,11H2,1H3,(H,22,26)(H,23,27). The van der Waals surface area contributed by atoms with E-state index >= 15 is 0 Å². The van der Waals surface area contributed by atoms with Crippen molar-refractivity contribution >= 4 is 29.2 Å². The monoisotopic (exact) mass is 386 g/mol. The van der Waals surface area contributed by atoms with Gasteiger partial charge < -0.3 is 20.1 Å². The average Bonchev–Trinajstić information content (AvgIpc) is 3.15. The van der Waals surface area contributed by atoms with Crippen LogP contribution in [0.3, 0.4) is 0 Å². The van der Waals surface area contributed by atoms with Gasteiger partial charge in [-0.15, -0.1) is 0 Å². The van der Waals surface area contributed by atoms with Crippen LogP contribution in [0.25, 0.3) is 0 Å². The number of carbonyl (C=O) groups excluding carboxylic acids is 2. The molecule has 4 rings (SSSR count). The molecule has 2 heterocycles. The summed E-state index contributed by atoms with van der Waals surface area (Å²) in [6.07, 6.45) is 5.93. The van der Waals surface area contributed by atoms with Gasteiger partial charge in [0.1, 0.15) is 0 Å². The number of aromatic nitrogens is 1. The topological polar surface area (TPSA) is 66.4 Å². The van der Waals surface area contributed by atoms with E-state index in [9.17, 15) is 9.59 Å². The Morgan fingerprint density at radius 2 is 2.00 bits per heavy atom. The fourth-order valence-electron chi connectivity index (χ4n) is 3.60. The molecule has 1 aliphatic heterocycles. The first-order chi connectivity index (χ1) is 13.0. The first kappa shape index (κ1) is 17.9. The summed E-state index contributed by atoms with van der Waals surface area (Å²) >= 11 is 6.18. The maximum atomic E-state index is 12.9. The van der Waals surface area contributed by atoms with Gasteiger partial charge in [0.15, 0.2) is 0 Å². The van der Waals surface area contributed by atoms with Crippen LogP contribution in [0.4, 0.5) is 10.5 Å². The molecule has 1 aromatic heterocycles. The molecule has 1 unspecified atom stereocenters. The molecule has 0 radical (unpaired) electrons. The molecule has 1 aromatic carbocycles. The Morgan fingerprint density at radius 3 is 2.70 bits per heavy atom. The lowest BCUT2D eigenvalue weighted by molar-refractivity contribution is 0.0951. The highest BCUT2D eigenvalue weighted by Gasteiger charge is 2.31. The van der Waals surface area contributed by atoms with E-state index in [1.807, 2.05) is 24.2 Å². The van der Waals surface area contributed by atoms with E-state index < -0.39 is 0 Å². The van der Waals surface area contributed by atoms with Gasteiger partial charge in [-0.3, -0.25) is 4.79 Å². The highest BCUT2D eigenvalue weighted by atomic mass is 35.5. The van der Waals surface area contributed by atoms with Crippen LogP contribution in [-0.2, 0) is 7.05 Å². The minimum atomic E-state index is -0.193. The number of urea groups is 1. The maximum absolute atomic E-state index is 12.9. The molecule has 6 nitrogen and oxygen atoms in total. The highest BCUT2D eigenvalue weighted by molar-refractivity contribution is 6.34. The van der Waals surface area contributed by atoms with E-state index in [-0.39, 0.29) is 24.0 Å². The van der Waals surface area contributed by atoms with Gasteiger partial charge >= 0.3 is 6.03 Å². The minimum Gasteiger partial charge on any atom is -0.353 e. The van der Waals surface area contributed by atoms with Crippen LogP contribution >= 0.6 is 11.6 Å². The van der Waals surface area contributed by atoms with E-state index in [2.05, 4.69) is 21.3 Å². The van der Waals surface area contributed by atoms with Crippen LogP contribution in [0.2, 0.25) is 5.02 Å². The summed E-state index contributed by atoms with van der Waals surface area (Å²) in [4.78, 5) is 27.0. The van der Waals surface area contributed by atoms with E-state index in [0.717, 1.165) is 31.4 Å². The molecule has 7 heteroatoms. The molecule has 142 valence electrons. The molecular weight excluding hydrogens is 364 g/mol. The first-order valence-corrected chi connectivity index (χ1v) is 9.70. The molecule has 1 aliphatic carbocycles. The lowest BCUT2D eigenvalue weighted by Gasteiger charge is -2.25. The van der Waals surface area contributed by atoms with Crippen LogP contribution in [0.15, 0.2) is 36.5 Å². The zero-order valence-corrected chi connectivity index (χ0v) is 16.0. The fraction of sp³-hybridized carbons (Fsp3) is 0.400. The van der Waals surface area contributed by atoms with Gasteiger partial charge in [-0.1, -0.05) is 11.6 Å². The number of hydrogen-bond acceptors (Lipinski definition) is 2. The average molecular weight is 387 g/mol. The third-order valence-electron chi connectivity index (χ3n) is 5.21. The van der Waals surface area contributed by atoms with Crippen molar-refractivity contribution in [3.63, 3.8) is 0 Å². The van der Waals surface area contributed by atoms with Crippen molar-refractivity contribution < 1.29 is 9.59 Å². The number of aryl methyl sites for hydroxylation is 1. The molecule has 2 aliphatic rings. The predicted molar refractivity (Wildman–Crippen MR) is 105 cm³/mol. The van der Waals surface area contributed by atoms with Crippen molar-refractivity contribution in [2.24, 2.45) is 7.05 Å². The maximum Gasteiger partial charge on any atom is 0.322 e. The Balaban J connectivity index is 1.49. The predicted octanol–water partition coefficient (Wildman–Crippen LogP) is 3.94. The molecular formula is C20H23ClN4O2. The van der Waals surface area contributed by atoms with Gasteiger partial charge in [0.25, 0.3) is 5.91 Å². The molecule has 1 saturated heterocycles. The smallest absolute Gasteiger partial charge is 0.322 e. The minimum absolute atomic E-state index is 0.0648. The van der Waals surface area contributed by atoms with Crippen molar-refractivity contribution in [1.82, 2.24) is 14.8 Å². The molecule has 27 heavy (non-hydrogen) atoms. The van der Waals surface area contributed by atoms with E-state index in [0.29, 0.717) is 22.8 Å². The number of benzene rings is 1. The van der Waals surface area contributed by atoms with Crippen LogP contribution in [0.5, 0.6) is 0 Å². The van der Waals surface area contributed by atoms with Gasteiger partial charge in [0.2, 0.25) is 0 Å². The number of hydrogen-bond donors (Lipinski definition) is 2. The summed E-state index contributed by atoms with van der Waals surface area (Å²) in [7, 11) is 1.99. The van der Waals surface area contributed by atoms with Crippen LogP contribution < -0.4 is 10.6 Å². The van der Waals surface area contributed by atoms with Gasteiger partial charge in [0, 0.05) is 37.2 Å². The molecule has 3 amide bonds. The molecule has 2 N–H and O–H groups in total. The molecule has 2 fully saturated rings. The second-order valence-corrected chi connectivity index (χ2v) is 7.68. The second-order valence-electron chi connectivity index (χ2n) is 7.27. The van der Waals surface area contributed by atoms with Gasteiger partial charge in [-0.2, -0.15) is 0 Å². The molecule has 1 saturated carbocycles. The summed E-state index contributed by atoms with van der Waals surface area (Å²) < 4.78 is 2.05.